The number of aromatic nitrogens is 2. The zero-order valence-electron chi connectivity index (χ0n) is 15.5. The molecule has 0 amide bonds. The van der Waals surface area contributed by atoms with Crippen LogP contribution in [-0.4, -0.2) is 7.35 Å². The van der Waals surface area contributed by atoms with Gasteiger partial charge in [-0.1, -0.05) is 30.1 Å². The van der Waals surface area contributed by atoms with Crippen molar-refractivity contribution in [2.75, 3.05) is 0 Å². The van der Waals surface area contributed by atoms with Crippen LogP contribution in [0, 0.1) is 18.6 Å². The fourth-order valence-corrected chi connectivity index (χ4v) is 5.38. The van der Waals surface area contributed by atoms with E-state index in [2.05, 4.69) is 29.8 Å². The van der Waals surface area contributed by atoms with Gasteiger partial charge in [-0.3, -0.25) is 2.78 Å². The van der Waals surface area contributed by atoms with Gasteiger partial charge in [0.2, 0.25) is 0 Å². The topological polar surface area (TPSA) is 9.86 Å². The third kappa shape index (κ3) is 2.94. The van der Waals surface area contributed by atoms with E-state index in [0.717, 1.165) is 34.3 Å². The molecule has 0 aliphatic carbocycles. The number of aryl methyl sites for hydroxylation is 3. The Bertz CT molecular complexity index is 1260. The Morgan fingerprint density at radius 3 is 2.39 bits per heavy atom. The van der Waals surface area contributed by atoms with Gasteiger partial charge in [-0.25, -0.2) is 8.78 Å². The van der Waals surface area contributed by atoms with Crippen molar-refractivity contribution < 1.29 is 8.78 Å². The Kier molecular flexibility index (Phi) is 5.13. The van der Waals surface area contributed by atoms with Gasteiger partial charge in [-0.2, -0.15) is 0 Å². The van der Waals surface area contributed by atoms with Gasteiger partial charge in [0.15, 0.2) is 0 Å². The van der Waals surface area contributed by atoms with Crippen LogP contribution in [0.3, 0.4) is 0 Å². The Labute approximate surface area is 185 Å². The fraction of sp³-hybridized carbons (Fsp3) is 0.238. The number of hydrogen-bond donors (Lipinski definition) is 0. The molecule has 7 heteroatoms. The third-order valence-corrected chi connectivity index (χ3v) is 7.15. The summed E-state index contributed by atoms with van der Waals surface area (Å²) in [6.45, 7) is 4.04. The molecule has 4 rings (SSSR count). The second kappa shape index (κ2) is 7.18. The molecule has 0 saturated carbocycles. The van der Waals surface area contributed by atoms with Gasteiger partial charge < -0.3 is 4.57 Å². The molecule has 0 saturated heterocycles. The maximum Gasteiger partial charge on any atom is 0.147 e. The van der Waals surface area contributed by atoms with E-state index in [-0.39, 0.29) is 10.8 Å². The number of nitrogens with zero attached hydrogens (tertiary/aromatic N) is 2. The van der Waals surface area contributed by atoms with Crippen molar-refractivity contribution in [3.8, 4) is 0 Å². The molecule has 0 aliphatic heterocycles. The quantitative estimate of drug-likeness (QED) is 0.192. The zero-order chi connectivity index (χ0) is 20.3. The Morgan fingerprint density at radius 1 is 1.00 bits per heavy atom. The van der Waals surface area contributed by atoms with Crippen molar-refractivity contribution in [3.05, 3.63) is 68.5 Å². The average molecular weight is 533 g/mol. The Hall–Kier alpha value is -1.31. The first-order valence-corrected chi connectivity index (χ1v) is 10.6. The Balaban J connectivity index is 1.93. The maximum absolute atomic E-state index is 14.9. The highest BCUT2D eigenvalue weighted by atomic mass is 127. The standard InChI is InChI=1S/C21H17Cl2F2IN2/c1-4-13-11(7-18(25)21-14(13)5-10(2)27(21)3)6-12-8-15-19(23)17(24)9-16(22)20(15)28(12)26/h5,7-9H,4,6H2,1-3H3. The van der Waals surface area contributed by atoms with Crippen molar-refractivity contribution in [2.24, 2.45) is 7.05 Å². The summed E-state index contributed by atoms with van der Waals surface area (Å²) in [7, 11) is 1.88. The van der Waals surface area contributed by atoms with E-state index in [0.29, 0.717) is 27.9 Å². The normalized spacial score (nSPS) is 11.9. The molecule has 4 aromatic rings. The van der Waals surface area contributed by atoms with Crippen LogP contribution in [0.5, 0.6) is 0 Å². The molecule has 0 bridgehead atoms. The molecular formula is C21H17Cl2F2IN2. The van der Waals surface area contributed by atoms with Gasteiger partial charge in [0, 0.05) is 35.6 Å². The van der Waals surface area contributed by atoms with Crippen LogP contribution in [0.4, 0.5) is 8.78 Å². The van der Waals surface area contributed by atoms with Crippen LogP contribution in [0.2, 0.25) is 10.0 Å². The van der Waals surface area contributed by atoms with Crippen LogP contribution in [0.15, 0.2) is 24.3 Å². The summed E-state index contributed by atoms with van der Waals surface area (Å²) in [5, 5.41) is 1.85. The summed E-state index contributed by atoms with van der Waals surface area (Å²) in [5.41, 5.74) is 5.21. The van der Waals surface area contributed by atoms with Crippen molar-refractivity contribution in [3.63, 3.8) is 0 Å². The third-order valence-electron chi connectivity index (χ3n) is 5.38. The van der Waals surface area contributed by atoms with Gasteiger partial charge in [0.1, 0.15) is 11.6 Å². The molecule has 146 valence electrons. The van der Waals surface area contributed by atoms with E-state index in [4.69, 9.17) is 23.2 Å². The molecule has 0 N–H and O–H groups in total. The molecule has 0 aliphatic rings. The number of benzene rings is 2. The Morgan fingerprint density at radius 2 is 1.71 bits per heavy atom. The van der Waals surface area contributed by atoms with Gasteiger partial charge in [0.05, 0.1) is 43.9 Å². The number of hydrogen-bond acceptors (Lipinski definition) is 0. The minimum atomic E-state index is -0.547. The van der Waals surface area contributed by atoms with Gasteiger partial charge in [0.25, 0.3) is 0 Å². The van der Waals surface area contributed by atoms with Crippen LogP contribution in [-0.2, 0) is 19.9 Å². The van der Waals surface area contributed by atoms with E-state index < -0.39 is 5.82 Å². The van der Waals surface area contributed by atoms with Gasteiger partial charge in [-0.15, -0.1) is 0 Å². The van der Waals surface area contributed by atoms with Crippen LogP contribution in [0.1, 0.15) is 29.4 Å². The van der Waals surface area contributed by atoms with E-state index in [1.807, 2.05) is 33.5 Å². The molecule has 2 aromatic heterocycles. The first-order valence-electron chi connectivity index (χ1n) is 8.84. The predicted octanol–water partition coefficient (Wildman–Crippen LogP) is 7.38. The molecule has 0 unspecified atom stereocenters. The molecule has 28 heavy (non-hydrogen) atoms. The summed E-state index contributed by atoms with van der Waals surface area (Å²) in [6, 6.07) is 6.69. The molecule has 2 heterocycles. The minimum Gasteiger partial charge on any atom is -0.346 e. The predicted molar refractivity (Wildman–Crippen MR) is 121 cm³/mol. The lowest BCUT2D eigenvalue weighted by Crippen LogP contribution is -2.01. The number of fused-ring (bicyclic) bond motifs is 2. The molecule has 0 atom stereocenters. The lowest BCUT2D eigenvalue weighted by Gasteiger charge is -2.12. The molecule has 2 aromatic carbocycles. The smallest absolute Gasteiger partial charge is 0.147 e. The zero-order valence-corrected chi connectivity index (χ0v) is 19.2. The summed E-state index contributed by atoms with van der Waals surface area (Å²) < 4.78 is 32.6. The van der Waals surface area contributed by atoms with Crippen LogP contribution in [0.25, 0.3) is 21.8 Å². The summed E-state index contributed by atoms with van der Waals surface area (Å²) in [4.78, 5) is 0. The summed E-state index contributed by atoms with van der Waals surface area (Å²) in [6.07, 6.45) is 1.28. The van der Waals surface area contributed by atoms with Crippen molar-refractivity contribution in [2.45, 2.75) is 26.7 Å². The summed E-state index contributed by atoms with van der Waals surface area (Å²) >= 11 is 14.5. The van der Waals surface area contributed by atoms with Crippen LogP contribution < -0.4 is 0 Å². The highest BCUT2D eigenvalue weighted by Gasteiger charge is 2.20. The second-order valence-electron chi connectivity index (χ2n) is 6.97. The fourth-order valence-electron chi connectivity index (χ4n) is 3.92. The minimum absolute atomic E-state index is 0.0482. The molecule has 0 radical (unpaired) electrons. The first-order chi connectivity index (χ1) is 13.2. The molecule has 0 fully saturated rings. The van der Waals surface area contributed by atoms with Crippen molar-refractivity contribution in [1.82, 2.24) is 7.35 Å². The summed E-state index contributed by atoms with van der Waals surface area (Å²) in [5.74, 6) is -0.787. The second-order valence-corrected chi connectivity index (χ2v) is 8.72. The monoisotopic (exact) mass is 532 g/mol. The largest absolute Gasteiger partial charge is 0.346 e. The maximum atomic E-state index is 14.9. The molecular weight excluding hydrogens is 516 g/mol. The van der Waals surface area contributed by atoms with Gasteiger partial charge in [-0.05, 0) is 48.7 Å². The highest BCUT2D eigenvalue weighted by molar-refractivity contribution is 14.1. The highest BCUT2D eigenvalue weighted by Crippen LogP contribution is 2.37. The average Bonchev–Trinajstić information content (AvgIpc) is 3.11. The lowest BCUT2D eigenvalue weighted by molar-refractivity contribution is 0.628. The lowest BCUT2D eigenvalue weighted by atomic mass is 9.97. The number of halogens is 5. The van der Waals surface area contributed by atoms with E-state index in [1.54, 1.807) is 6.07 Å². The van der Waals surface area contributed by atoms with Crippen molar-refractivity contribution >= 4 is 67.9 Å². The SMILES string of the molecule is CCc1c(Cc2cc3c(Cl)c(F)cc(Cl)c3n2I)cc(F)c2c1cc(C)n2C. The van der Waals surface area contributed by atoms with E-state index >= 15 is 0 Å². The number of rotatable bonds is 3. The van der Waals surface area contributed by atoms with E-state index in [9.17, 15) is 8.78 Å². The molecule has 0 spiro atoms. The van der Waals surface area contributed by atoms with Crippen LogP contribution >= 0.6 is 46.1 Å². The molecule has 2 nitrogen and oxygen atoms in total. The van der Waals surface area contributed by atoms with Gasteiger partial charge >= 0.3 is 0 Å². The van der Waals surface area contributed by atoms with E-state index in [1.165, 1.54) is 6.07 Å². The van der Waals surface area contributed by atoms with Crippen molar-refractivity contribution in [1.29, 1.82) is 0 Å². The first kappa shape index (κ1) is 20.0.